The van der Waals surface area contributed by atoms with Gasteiger partial charge < -0.3 is 14.8 Å². The number of likely N-dealkylation sites (tertiary alicyclic amines) is 1. The first-order valence-electron chi connectivity index (χ1n) is 7.52. The van der Waals surface area contributed by atoms with Crippen LogP contribution in [0.5, 0.6) is 0 Å². The Labute approximate surface area is 130 Å². The fraction of sp³-hybridized carbons (Fsp3) is 0.438. The van der Waals surface area contributed by atoms with Gasteiger partial charge >= 0.3 is 6.03 Å². The van der Waals surface area contributed by atoms with E-state index in [0.717, 1.165) is 35.9 Å². The van der Waals surface area contributed by atoms with Crippen molar-refractivity contribution >= 4 is 11.7 Å². The van der Waals surface area contributed by atoms with Crippen molar-refractivity contribution in [3.63, 3.8) is 0 Å². The molecule has 0 spiro atoms. The van der Waals surface area contributed by atoms with Gasteiger partial charge in [0.2, 0.25) is 0 Å². The Morgan fingerprint density at radius 2 is 2.18 bits per heavy atom. The van der Waals surface area contributed by atoms with Crippen LogP contribution in [0.4, 0.5) is 10.5 Å². The number of aromatic nitrogens is 3. The van der Waals surface area contributed by atoms with Gasteiger partial charge in [-0.05, 0) is 32.4 Å². The summed E-state index contributed by atoms with van der Waals surface area (Å²) in [5.74, 6) is 1.35. The highest BCUT2D eigenvalue weighted by Crippen LogP contribution is 2.26. The third-order valence-corrected chi connectivity index (χ3v) is 4.17. The number of pyridine rings is 1. The monoisotopic (exact) mass is 299 g/mol. The standard InChI is InChI=1S/C16H21N5O/c1-11-4-5-14(12(2)18-11)19-16(22)21-8-6-13(10-21)15-17-7-9-20(15)3/h4-5,7,9,13H,6,8,10H2,1-3H3,(H,19,22). The zero-order chi connectivity index (χ0) is 15.7. The van der Waals surface area contributed by atoms with Crippen molar-refractivity contribution in [1.29, 1.82) is 0 Å². The van der Waals surface area contributed by atoms with Crippen LogP contribution in [0.1, 0.15) is 29.6 Å². The summed E-state index contributed by atoms with van der Waals surface area (Å²) in [5.41, 5.74) is 2.57. The smallest absolute Gasteiger partial charge is 0.321 e. The molecule has 0 aromatic carbocycles. The number of aryl methyl sites for hydroxylation is 3. The van der Waals surface area contributed by atoms with Gasteiger partial charge in [-0.2, -0.15) is 0 Å². The number of carbonyl (C=O) groups is 1. The molecule has 6 nitrogen and oxygen atoms in total. The zero-order valence-corrected chi connectivity index (χ0v) is 13.2. The Morgan fingerprint density at radius 1 is 1.36 bits per heavy atom. The molecular weight excluding hydrogens is 278 g/mol. The van der Waals surface area contributed by atoms with Gasteiger partial charge in [0.1, 0.15) is 5.82 Å². The number of carbonyl (C=O) groups excluding carboxylic acids is 1. The van der Waals surface area contributed by atoms with Crippen LogP contribution in [0.2, 0.25) is 0 Å². The fourth-order valence-corrected chi connectivity index (χ4v) is 2.94. The maximum atomic E-state index is 12.4. The summed E-state index contributed by atoms with van der Waals surface area (Å²) in [6.07, 6.45) is 4.70. The first kappa shape index (κ1) is 14.6. The minimum atomic E-state index is -0.0644. The Bertz CT molecular complexity index is 694. The molecule has 1 atom stereocenters. The quantitative estimate of drug-likeness (QED) is 0.926. The molecular formula is C16H21N5O. The number of rotatable bonds is 2. The van der Waals surface area contributed by atoms with Crippen LogP contribution < -0.4 is 5.32 Å². The van der Waals surface area contributed by atoms with Crippen LogP contribution in [0.15, 0.2) is 24.5 Å². The maximum Gasteiger partial charge on any atom is 0.321 e. The first-order valence-corrected chi connectivity index (χ1v) is 7.52. The number of amides is 2. The Hall–Kier alpha value is -2.37. The Morgan fingerprint density at radius 3 is 2.86 bits per heavy atom. The Balaban J connectivity index is 1.65. The topological polar surface area (TPSA) is 63.1 Å². The third-order valence-electron chi connectivity index (χ3n) is 4.17. The second-order valence-electron chi connectivity index (χ2n) is 5.84. The lowest BCUT2D eigenvalue weighted by molar-refractivity contribution is 0.222. The van der Waals surface area contributed by atoms with Crippen LogP contribution in [-0.2, 0) is 7.05 Å². The highest BCUT2D eigenvalue weighted by atomic mass is 16.2. The lowest BCUT2D eigenvalue weighted by Crippen LogP contribution is -2.33. The van der Waals surface area contributed by atoms with Gasteiger partial charge in [-0.1, -0.05) is 0 Å². The van der Waals surface area contributed by atoms with Gasteiger partial charge in [0, 0.05) is 44.1 Å². The third kappa shape index (κ3) is 2.81. The fourth-order valence-electron chi connectivity index (χ4n) is 2.94. The van der Waals surface area contributed by atoms with Gasteiger partial charge in [-0.25, -0.2) is 9.78 Å². The molecule has 0 radical (unpaired) electrons. The summed E-state index contributed by atoms with van der Waals surface area (Å²) < 4.78 is 2.03. The molecule has 1 fully saturated rings. The van der Waals surface area contributed by atoms with E-state index in [4.69, 9.17) is 0 Å². The van der Waals surface area contributed by atoms with Crippen LogP contribution >= 0.6 is 0 Å². The van der Waals surface area contributed by atoms with Crippen LogP contribution in [0, 0.1) is 13.8 Å². The van der Waals surface area contributed by atoms with E-state index in [1.54, 1.807) is 6.20 Å². The average Bonchev–Trinajstić information content (AvgIpc) is 3.10. The molecule has 1 N–H and O–H groups in total. The SMILES string of the molecule is Cc1ccc(NC(=O)N2CCC(c3nccn3C)C2)c(C)n1. The number of nitrogens with one attached hydrogen (secondary N) is 1. The Kier molecular flexibility index (Phi) is 3.83. The van der Waals surface area contributed by atoms with E-state index >= 15 is 0 Å². The predicted octanol–water partition coefficient (Wildman–Crippen LogP) is 2.45. The van der Waals surface area contributed by atoms with Gasteiger partial charge in [0.15, 0.2) is 0 Å². The van der Waals surface area contributed by atoms with E-state index < -0.39 is 0 Å². The normalized spacial score (nSPS) is 17.8. The van der Waals surface area contributed by atoms with Gasteiger partial charge in [0.05, 0.1) is 11.4 Å². The van der Waals surface area contributed by atoms with E-state index in [1.165, 1.54) is 0 Å². The molecule has 0 aliphatic carbocycles. The van der Waals surface area contributed by atoms with Gasteiger partial charge in [-0.3, -0.25) is 4.98 Å². The van der Waals surface area contributed by atoms with Crippen LogP contribution in [0.25, 0.3) is 0 Å². The molecule has 2 amide bonds. The van der Waals surface area contributed by atoms with Crippen LogP contribution in [0.3, 0.4) is 0 Å². The lowest BCUT2D eigenvalue weighted by Gasteiger charge is -2.18. The van der Waals surface area contributed by atoms with Crippen molar-refractivity contribution in [3.05, 3.63) is 41.7 Å². The lowest BCUT2D eigenvalue weighted by atomic mass is 10.1. The van der Waals surface area contributed by atoms with E-state index in [0.29, 0.717) is 12.5 Å². The number of hydrogen-bond donors (Lipinski definition) is 1. The van der Waals surface area contributed by atoms with E-state index in [2.05, 4.69) is 15.3 Å². The second kappa shape index (κ2) is 5.79. The second-order valence-corrected chi connectivity index (χ2v) is 5.84. The van der Waals surface area contributed by atoms with Crippen molar-refractivity contribution < 1.29 is 4.79 Å². The molecule has 1 aliphatic heterocycles. The summed E-state index contributed by atoms with van der Waals surface area (Å²) in [4.78, 5) is 23.0. The first-order chi connectivity index (χ1) is 10.5. The molecule has 6 heteroatoms. The number of urea groups is 1. The van der Waals surface area contributed by atoms with Gasteiger partial charge in [-0.15, -0.1) is 0 Å². The molecule has 1 unspecified atom stereocenters. The molecule has 2 aromatic rings. The molecule has 3 rings (SSSR count). The molecule has 2 aromatic heterocycles. The van der Waals surface area contributed by atoms with Gasteiger partial charge in [0.25, 0.3) is 0 Å². The van der Waals surface area contributed by atoms with Crippen molar-refractivity contribution in [3.8, 4) is 0 Å². The molecule has 0 saturated carbocycles. The molecule has 22 heavy (non-hydrogen) atoms. The molecule has 116 valence electrons. The molecule has 1 aliphatic rings. The molecule has 3 heterocycles. The summed E-state index contributed by atoms with van der Waals surface area (Å²) in [6.45, 7) is 5.30. The summed E-state index contributed by atoms with van der Waals surface area (Å²) in [6, 6.07) is 3.75. The summed E-state index contributed by atoms with van der Waals surface area (Å²) >= 11 is 0. The number of hydrogen-bond acceptors (Lipinski definition) is 3. The van der Waals surface area contributed by atoms with Crippen molar-refractivity contribution in [2.24, 2.45) is 7.05 Å². The number of imidazole rings is 1. The van der Waals surface area contributed by atoms with E-state index in [9.17, 15) is 4.79 Å². The minimum absolute atomic E-state index is 0.0644. The van der Waals surface area contributed by atoms with Crippen molar-refractivity contribution in [2.45, 2.75) is 26.2 Å². The zero-order valence-electron chi connectivity index (χ0n) is 13.2. The van der Waals surface area contributed by atoms with Crippen molar-refractivity contribution in [2.75, 3.05) is 18.4 Å². The molecule has 0 bridgehead atoms. The summed E-state index contributed by atoms with van der Waals surface area (Å²) in [7, 11) is 1.99. The van der Waals surface area contributed by atoms with E-state index in [1.807, 2.05) is 48.7 Å². The largest absolute Gasteiger partial charge is 0.338 e. The average molecular weight is 299 g/mol. The minimum Gasteiger partial charge on any atom is -0.338 e. The van der Waals surface area contributed by atoms with Crippen LogP contribution in [-0.4, -0.2) is 38.6 Å². The highest BCUT2D eigenvalue weighted by Gasteiger charge is 2.29. The number of nitrogens with zero attached hydrogens (tertiary/aromatic N) is 4. The van der Waals surface area contributed by atoms with E-state index in [-0.39, 0.29) is 6.03 Å². The van der Waals surface area contributed by atoms with Crippen molar-refractivity contribution in [1.82, 2.24) is 19.4 Å². The maximum absolute atomic E-state index is 12.4. The highest BCUT2D eigenvalue weighted by molar-refractivity contribution is 5.90. The predicted molar refractivity (Wildman–Crippen MR) is 84.9 cm³/mol. The molecule has 1 saturated heterocycles. The summed E-state index contributed by atoms with van der Waals surface area (Å²) in [5, 5.41) is 2.96. The number of anilines is 1.